The molecule has 4 heteroatoms. The van der Waals surface area contributed by atoms with E-state index in [4.69, 9.17) is 15.6 Å². The van der Waals surface area contributed by atoms with E-state index in [-0.39, 0.29) is 12.6 Å². The minimum atomic E-state index is -0.320. The number of hydrogen-bond donors (Lipinski definition) is 2. The van der Waals surface area contributed by atoms with Crippen molar-refractivity contribution in [3.05, 3.63) is 28.7 Å². The quantitative estimate of drug-likeness (QED) is 0.837. The van der Waals surface area contributed by atoms with Crippen LogP contribution < -0.4 is 10.5 Å². The summed E-state index contributed by atoms with van der Waals surface area (Å²) in [6.45, 7) is 0.265. The summed E-state index contributed by atoms with van der Waals surface area (Å²) >= 11 is 3.33. The van der Waals surface area contributed by atoms with E-state index < -0.39 is 0 Å². The van der Waals surface area contributed by atoms with E-state index in [0.29, 0.717) is 6.61 Å². The summed E-state index contributed by atoms with van der Waals surface area (Å²) in [4.78, 5) is 0. The molecule has 1 unspecified atom stereocenters. The Bertz CT molecular complexity index is 268. The van der Waals surface area contributed by atoms with Crippen molar-refractivity contribution in [3.63, 3.8) is 0 Å². The molecule has 3 N–H and O–H groups in total. The van der Waals surface area contributed by atoms with E-state index in [1.54, 1.807) is 0 Å². The number of nitrogens with two attached hydrogens (primary N) is 1. The molecule has 0 saturated heterocycles. The molecule has 1 rings (SSSR count). The number of rotatable bonds is 4. The van der Waals surface area contributed by atoms with Gasteiger partial charge >= 0.3 is 0 Å². The number of hydrogen-bond acceptors (Lipinski definition) is 3. The van der Waals surface area contributed by atoms with Gasteiger partial charge in [-0.3, -0.25) is 0 Å². The van der Waals surface area contributed by atoms with Crippen LogP contribution in [0.15, 0.2) is 28.7 Å². The molecule has 0 aromatic heterocycles. The van der Waals surface area contributed by atoms with Crippen molar-refractivity contribution in [2.24, 2.45) is 5.73 Å². The molecule has 0 aliphatic rings. The standard InChI is InChI=1S/C9H12BrNO2/c10-7-2-1-3-9(4-7)13-6-8(11)5-12/h1-4,8,12H,5-6,11H2. The molecule has 1 aromatic rings. The van der Waals surface area contributed by atoms with Crippen molar-refractivity contribution in [2.45, 2.75) is 6.04 Å². The third-order valence-corrected chi connectivity index (χ3v) is 1.99. The fraction of sp³-hybridized carbons (Fsp3) is 0.333. The van der Waals surface area contributed by atoms with E-state index in [1.165, 1.54) is 0 Å². The maximum absolute atomic E-state index is 8.65. The van der Waals surface area contributed by atoms with Gasteiger partial charge in [-0.15, -0.1) is 0 Å². The predicted molar refractivity (Wildman–Crippen MR) is 54.7 cm³/mol. The van der Waals surface area contributed by atoms with Crippen molar-refractivity contribution in [3.8, 4) is 5.75 Å². The second-order valence-corrected chi connectivity index (χ2v) is 3.63. The highest BCUT2D eigenvalue weighted by atomic mass is 79.9. The summed E-state index contributed by atoms with van der Waals surface area (Å²) in [5.74, 6) is 0.748. The number of halogens is 1. The highest BCUT2D eigenvalue weighted by Crippen LogP contribution is 2.17. The minimum absolute atomic E-state index is 0.0615. The first-order chi connectivity index (χ1) is 6.22. The Morgan fingerprint density at radius 3 is 2.92 bits per heavy atom. The fourth-order valence-corrected chi connectivity index (χ4v) is 1.19. The first-order valence-electron chi connectivity index (χ1n) is 3.97. The molecule has 0 fully saturated rings. The number of ether oxygens (including phenoxy) is 1. The maximum atomic E-state index is 8.65. The van der Waals surface area contributed by atoms with Crippen molar-refractivity contribution < 1.29 is 9.84 Å². The van der Waals surface area contributed by atoms with Gasteiger partial charge in [-0.25, -0.2) is 0 Å². The van der Waals surface area contributed by atoms with Gasteiger partial charge < -0.3 is 15.6 Å². The molecular weight excluding hydrogens is 234 g/mol. The zero-order valence-electron chi connectivity index (χ0n) is 7.11. The average molecular weight is 246 g/mol. The van der Waals surface area contributed by atoms with Crippen LogP contribution in [0.4, 0.5) is 0 Å². The first kappa shape index (κ1) is 10.5. The summed E-state index contributed by atoms with van der Waals surface area (Å²) < 4.78 is 6.29. The van der Waals surface area contributed by atoms with Crippen LogP contribution in [0.5, 0.6) is 5.75 Å². The van der Waals surface area contributed by atoms with Gasteiger partial charge in [0.05, 0.1) is 12.6 Å². The van der Waals surface area contributed by atoms with Gasteiger partial charge in [-0.05, 0) is 18.2 Å². The summed E-state index contributed by atoms with van der Waals surface area (Å²) in [5, 5.41) is 8.65. The van der Waals surface area contributed by atoms with Crippen molar-refractivity contribution in [1.29, 1.82) is 0 Å². The van der Waals surface area contributed by atoms with E-state index in [2.05, 4.69) is 15.9 Å². The Morgan fingerprint density at radius 1 is 1.54 bits per heavy atom. The van der Waals surface area contributed by atoms with Crippen molar-refractivity contribution >= 4 is 15.9 Å². The lowest BCUT2D eigenvalue weighted by atomic mass is 10.3. The van der Waals surface area contributed by atoms with E-state index in [1.807, 2.05) is 24.3 Å². The van der Waals surface area contributed by atoms with Crippen LogP contribution in [-0.2, 0) is 0 Å². The summed E-state index contributed by atoms with van der Waals surface area (Å²) in [6.07, 6.45) is 0. The summed E-state index contributed by atoms with van der Waals surface area (Å²) in [5.41, 5.74) is 5.47. The Kier molecular flexibility index (Phi) is 4.21. The lowest BCUT2D eigenvalue weighted by Crippen LogP contribution is -2.31. The van der Waals surface area contributed by atoms with Gasteiger partial charge in [-0.2, -0.15) is 0 Å². The maximum Gasteiger partial charge on any atom is 0.120 e. The molecule has 0 aliphatic carbocycles. The molecule has 1 atom stereocenters. The summed E-state index contributed by atoms with van der Waals surface area (Å²) in [7, 11) is 0. The van der Waals surface area contributed by atoms with E-state index in [9.17, 15) is 0 Å². The van der Waals surface area contributed by atoms with Crippen LogP contribution in [0.25, 0.3) is 0 Å². The molecule has 0 radical (unpaired) electrons. The first-order valence-corrected chi connectivity index (χ1v) is 4.76. The summed E-state index contributed by atoms with van der Waals surface area (Å²) in [6, 6.07) is 7.17. The van der Waals surface area contributed by atoms with Crippen molar-refractivity contribution in [2.75, 3.05) is 13.2 Å². The molecule has 0 aliphatic heterocycles. The average Bonchev–Trinajstić information content (AvgIpc) is 2.14. The van der Waals surface area contributed by atoms with Crippen LogP contribution in [0.3, 0.4) is 0 Å². The molecule has 0 saturated carbocycles. The van der Waals surface area contributed by atoms with Gasteiger partial charge in [0.25, 0.3) is 0 Å². The van der Waals surface area contributed by atoms with E-state index >= 15 is 0 Å². The second kappa shape index (κ2) is 5.21. The highest BCUT2D eigenvalue weighted by Gasteiger charge is 2.01. The molecule has 0 spiro atoms. The van der Waals surface area contributed by atoms with Gasteiger partial charge in [0.15, 0.2) is 0 Å². The number of aliphatic hydroxyl groups is 1. The molecule has 1 aromatic carbocycles. The number of aliphatic hydroxyl groups excluding tert-OH is 1. The third kappa shape index (κ3) is 3.76. The molecule has 3 nitrogen and oxygen atoms in total. The molecule has 0 heterocycles. The van der Waals surface area contributed by atoms with Gasteiger partial charge in [0.1, 0.15) is 12.4 Å². The number of benzene rings is 1. The third-order valence-electron chi connectivity index (χ3n) is 1.49. The zero-order valence-corrected chi connectivity index (χ0v) is 8.70. The molecule has 0 amide bonds. The van der Waals surface area contributed by atoms with Gasteiger partial charge in [-0.1, -0.05) is 22.0 Å². The largest absolute Gasteiger partial charge is 0.492 e. The van der Waals surface area contributed by atoms with Crippen molar-refractivity contribution in [1.82, 2.24) is 0 Å². The van der Waals surface area contributed by atoms with Crippen LogP contribution in [0.1, 0.15) is 0 Å². The normalized spacial score (nSPS) is 12.5. The Morgan fingerprint density at radius 2 is 2.31 bits per heavy atom. The predicted octanol–water partition coefficient (Wildman–Crippen LogP) is 1.15. The molecule has 72 valence electrons. The van der Waals surface area contributed by atoms with Crippen LogP contribution in [0.2, 0.25) is 0 Å². The SMILES string of the molecule is NC(CO)COc1cccc(Br)c1. The Hall–Kier alpha value is -0.580. The lowest BCUT2D eigenvalue weighted by molar-refractivity contribution is 0.206. The Labute approximate surface area is 85.6 Å². The lowest BCUT2D eigenvalue weighted by Gasteiger charge is -2.10. The Balaban J connectivity index is 2.45. The van der Waals surface area contributed by atoms with E-state index in [0.717, 1.165) is 10.2 Å². The minimum Gasteiger partial charge on any atom is -0.492 e. The van der Waals surface area contributed by atoms with Crippen LogP contribution >= 0.6 is 15.9 Å². The topological polar surface area (TPSA) is 55.5 Å². The molecule has 13 heavy (non-hydrogen) atoms. The monoisotopic (exact) mass is 245 g/mol. The van der Waals surface area contributed by atoms with Crippen LogP contribution in [-0.4, -0.2) is 24.4 Å². The molecule has 0 bridgehead atoms. The van der Waals surface area contributed by atoms with Gasteiger partial charge in [0.2, 0.25) is 0 Å². The molecular formula is C9H12BrNO2. The fourth-order valence-electron chi connectivity index (χ4n) is 0.813. The van der Waals surface area contributed by atoms with Gasteiger partial charge in [0, 0.05) is 4.47 Å². The van der Waals surface area contributed by atoms with Crippen LogP contribution in [0, 0.1) is 0 Å². The second-order valence-electron chi connectivity index (χ2n) is 2.71. The zero-order chi connectivity index (χ0) is 9.68. The highest BCUT2D eigenvalue weighted by molar-refractivity contribution is 9.10. The smallest absolute Gasteiger partial charge is 0.120 e.